The van der Waals surface area contributed by atoms with Crippen LogP contribution >= 0.6 is 0 Å². The standard InChI is InChI=1S/C17H19FN6O3/c18-11-13(26)10(7-25)27-16(11)24-8-21-12-14(22-17(19)23-15(12)24)20-6-9-4-2-1-3-5-9/h1-5,8,10-11,13,16,25-26H,6-7H2,(H3,19,20,22,23)/t10-,11+,13-,16-/m1/s1. The van der Waals surface area contributed by atoms with Gasteiger partial charge in [-0.3, -0.25) is 4.57 Å². The number of rotatable bonds is 5. The van der Waals surface area contributed by atoms with Gasteiger partial charge in [-0.2, -0.15) is 9.97 Å². The maximum Gasteiger partial charge on any atom is 0.224 e. The number of aliphatic hydroxyl groups is 2. The van der Waals surface area contributed by atoms with Gasteiger partial charge in [-0.05, 0) is 5.56 Å². The lowest BCUT2D eigenvalue weighted by Gasteiger charge is -2.15. The van der Waals surface area contributed by atoms with E-state index in [1.807, 2.05) is 30.3 Å². The smallest absolute Gasteiger partial charge is 0.224 e. The second-order valence-corrected chi connectivity index (χ2v) is 6.28. The van der Waals surface area contributed by atoms with Crippen LogP contribution in [0.2, 0.25) is 0 Å². The summed E-state index contributed by atoms with van der Waals surface area (Å²) in [4.78, 5) is 12.6. The van der Waals surface area contributed by atoms with Crippen molar-refractivity contribution in [2.24, 2.45) is 0 Å². The van der Waals surface area contributed by atoms with Gasteiger partial charge in [0.1, 0.15) is 12.2 Å². The van der Waals surface area contributed by atoms with E-state index in [-0.39, 0.29) is 11.6 Å². The summed E-state index contributed by atoms with van der Waals surface area (Å²) in [5.41, 5.74) is 7.52. The predicted molar refractivity (Wildman–Crippen MR) is 95.4 cm³/mol. The number of hydrogen-bond donors (Lipinski definition) is 4. The topological polar surface area (TPSA) is 131 Å². The molecule has 9 nitrogen and oxygen atoms in total. The van der Waals surface area contributed by atoms with E-state index in [1.165, 1.54) is 10.9 Å². The van der Waals surface area contributed by atoms with Crippen molar-refractivity contribution in [3.63, 3.8) is 0 Å². The van der Waals surface area contributed by atoms with Crippen molar-refractivity contribution in [1.29, 1.82) is 0 Å². The molecule has 0 aliphatic carbocycles. The van der Waals surface area contributed by atoms with Crippen LogP contribution in [0.1, 0.15) is 11.8 Å². The van der Waals surface area contributed by atoms with Gasteiger partial charge in [-0.15, -0.1) is 0 Å². The Balaban J connectivity index is 1.66. The van der Waals surface area contributed by atoms with E-state index in [4.69, 9.17) is 10.5 Å². The summed E-state index contributed by atoms with van der Waals surface area (Å²) in [6, 6.07) is 9.71. The van der Waals surface area contributed by atoms with E-state index in [0.29, 0.717) is 17.9 Å². The fourth-order valence-corrected chi connectivity index (χ4v) is 3.10. The van der Waals surface area contributed by atoms with Crippen LogP contribution in [-0.2, 0) is 11.3 Å². The number of fused-ring (bicyclic) bond motifs is 1. The number of alkyl halides is 1. The van der Waals surface area contributed by atoms with Crippen molar-refractivity contribution in [3.05, 3.63) is 42.2 Å². The Kier molecular flexibility index (Phi) is 4.60. The third-order valence-corrected chi connectivity index (χ3v) is 4.49. The first-order valence-corrected chi connectivity index (χ1v) is 8.45. The molecule has 5 N–H and O–H groups in total. The highest BCUT2D eigenvalue weighted by atomic mass is 19.1. The number of nitrogen functional groups attached to an aromatic ring is 1. The van der Waals surface area contributed by atoms with Gasteiger partial charge in [0, 0.05) is 6.54 Å². The minimum Gasteiger partial charge on any atom is -0.394 e. The number of nitrogens with two attached hydrogens (primary N) is 1. The number of hydrogen-bond acceptors (Lipinski definition) is 8. The zero-order valence-corrected chi connectivity index (χ0v) is 14.2. The second-order valence-electron chi connectivity index (χ2n) is 6.28. The molecule has 4 atom stereocenters. The predicted octanol–water partition coefficient (Wildman–Crippen LogP) is 0.609. The Hall–Kier alpha value is -2.82. The summed E-state index contributed by atoms with van der Waals surface area (Å²) >= 11 is 0. The van der Waals surface area contributed by atoms with Crippen LogP contribution in [-0.4, -0.2) is 54.7 Å². The van der Waals surface area contributed by atoms with E-state index in [9.17, 15) is 14.6 Å². The van der Waals surface area contributed by atoms with Crippen LogP contribution in [0, 0.1) is 0 Å². The molecule has 0 bridgehead atoms. The number of benzene rings is 1. The van der Waals surface area contributed by atoms with Crippen LogP contribution in [0.15, 0.2) is 36.7 Å². The van der Waals surface area contributed by atoms with Crippen molar-refractivity contribution >= 4 is 22.9 Å². The molecule has 27 heavy (non-hydrogen) atoms. The molecule has 0 unspecified atom stereocenters. The van der Waals surface area contributed by atoms with E-state index < -0.39 is 31.2 Å². The van der Waals surface area contributed by atoms with Gasteiger partial charge in [0.15, 0.2) is 29.4 Å². The SMILES string of the molecule is Nc1nc(NCc2ccccc2)c2ncn([C@@H]3O[C@H](CO)[C@@H](O)[C@@H]3F)c2n1. The van der Waals surface area contributed by atoms with Crippen molar-refractivity contribution in [2.75, 3.05) is 17.7 Å². The minimum atomic E-state index is -1.74. The molecular weight excluding hydrogens is 355 g/mol. The van der Waals surface area contributed by atoms with E-state index in [1.54, 1.807) is 0 Å². The minimum absolute atomic E-state index is 0.00697. The highest BCUT2D eigenvalue weighted by Crippen LogP contribution is 2.34. The summed E-state index contributed by atoms with van der Waals surface area (Å²) < 4.78 is 21.2. The number of aliphatic hydroxyl groups excluding tert-OH is 2. The molecule has 1 aliphatic rings. The van der Waals surface area contributed by atoms with Crippen LogP contribution in [0.25, 0.3) is 11.2 Å². The Bertz CT molecular complexity index is 937. The molecule has 2 aromatic heterocycles. The Morgan fingerprint density at radius 3 is 2.74 bits per heavy atom. The Labute approximate surface area is 153 Å². The van der Waals surface area contributed by atoms with Crippen molar-refractivity contribution in [1.82, 2.24) is 19.5 Å². The van der Waals surface area contributed by atoms with Crippen molar-refractivity contribution in [2.45, 2.75) is 31.2 Å². The molecule has 1 aromatic carbocycles. The molecule has 0 saturated carbocycles. The van der Waals surface area contributed by atoms with Gasteiger partial charge in [0.25, 0.3) is 0 Å². The normalized spacial score (nSPS) is 25.1. The first-order valence-electron chi connectivity index (χ1n) is 8.45. The summed E-state index contributed by atoms with van der Waals surface area (Å²) in [5, 5.41) is 22.2. The fraction of sp³-hybridized carbons (Fsp3) is 0.353. The Morgan fingerprint density at radius 2 is 2.04 bits per heavy atom. The monoisotopic (exact) mass is 374 g/mol. The van der Waals surface area contributed by atoms with Gasteiger partial charge in [-0.25, -0.2) is 9.37 Å². The number of anilines is 2. The fourth-order valence-electron chi connectivity index (χ4n) is 3.10. The lowest BCUT2D eigenvalue weighted by Crippen LogP contribution is -2.30. The number of nitrogens with one attached hydrogen (secondary N) is 1. The quantitative estimate of drug-likeness (QED) is 0.511. The average molecular weight is 374 g/mol. The molecule has 3 heterocycles. The zero-order chi connectivity index (χ0) is 19.0. The molecule has 1 fully saturated rings. The highest BCUT2D eigenvalue weighted by molar-refractivity contribution is 5.84. The van der Waals surface area contributed by atoms with E-state index >= 15 is 0 Å². The third kappa shape index (κ3) is 3.18. The third-order valence-electron chi connectivity index (χ3n) is 4.49. The zero-order valence-electron chi connectivity index (χ0n) is 14.2. The van der Waals surface area contributed by atoms with Crippen LogP contribution in [0.4, 0.5) is 16.2 Å². The lowest BCUT2D eigenvalue weighted by molar-refractivity contribution is -0.0459. The van der Waals surface area contributed by atoms with Crippen molar-refractivity contribution < 1.29 is 19.3 Å². The maximum absolute atomic E-state index is 14.5. The summed E-state index contributed by atoms with van der Waals surface area (Å²) in [5.74, 6) is 0.403. The maximum atomic E-state index is 14.5. The molecule has 0 amide bonds. The molecule has 1 aliphatic heterocycles. The molecular formula is C17H19FN6O3. The first-order chi connectivity index (χ1) is 13.1. The van der Waals surface area contributed by atoms with Gasteiger partial charge in [0.05, 0.1) is 12.9 Å². The summed E-state index contributed by atoms with van der Waals surface area (Å²) in [6.07, 6.45) is -4.00. The molecule has 0 spiro atoms. The number of imidazole rings is 1. The van der Waals surface area contributed by atoms with Gasteiger partial charge < -0.3 is 26.0 Å². The number of aromatic nitrogens is 4. The van der Waals surface area contributed by atoms with Gasteiger partial charge >= 0.3 is 0 Å². The molecule has 142 valence electrons. The molecule has 10 heteroatoms. The Morgan fingerprint density at radius 1 is 1.26 bits per heavy atom. The van der Waals surface area contributed by atoms with Crippen LogP contribution in [0.3, 0.4) is 0 Å². The highest BCUT2D eigenvalue weighted by Gasteiger charge is 2.45. The largest absolute Gasteiger partial charge is 0.394 e. The first kappa shape index (κ1) is 17.6. The van der Waals surface area contributed by atoms with Gasteiger partial charge in [0.2, 0.25) is 5.95 Å². The van der Waals surface area contributed by atoms with E-state index in [0.717, 1.165) is 5.56 Å². The number of nitrogens with zero attached hydrogens (tertiary/aromatic N) is 4. The van der Waals surface area contributed by atoms with Crippen LogP contribution < -0.4 is 11.1 Å². The molecule has 0 radical (unpaired) electrons. The van der Waals surface area contributed by atoms with E-state index in [2.05, 4.69) is 20.3 Å². The molecule has 1 saturated heterocycles. The molecule has 3 aromatic rings. The average Bonchev–Trinajstić information content (AvgIpc) is 3.22. The number of ether oxygens (including phenoxy) is 1. The second kappa shape index (κ2) is 7.06. The summed E-state index contributed by atoms with van der Waals surface area (Å²) in [6.45, 7) is 0.00192. The van der Waals surface area contributed by atoms with Crippen molar-refractivity contribution in [3.8, 4) is 0 Å². The lowest BCUT2D eigenvalue weighted by atomic mass is 10.1. The number of halogens is 1. The molecule has 4 rings (SSSR count). The summed E-state index contributed by atoms with van der Waals surface area (Å²) in [7, 11) is 0. The van der Waals surface area contributed by atoms with Crippen LogP contribution in [0.5, 0.6) is 0 Å². The van der Waals surface area contributed by atoms with Gasteiger partial charge in [-0.1, -0.05) is 30.3 Å².